The topological polar surface area (TPSA) is 24.9 Å². The minimum absolute atomic E-state index is 0.296. The maximum atomic E-state index is 6.99. The number of halogens is 4. The number of ether oxygens (including phenoxy) is 2. The molecule has 36 heavy (non-hydrogen) atoms. The Hall–Kier alpha value is -2.08. The molecule has 0 aliphatic carbocycles. The molecule has 190 valence electrons. The minimum atomic E-state index is -0.442. The van der Waals surface area contributed by atoms with Crippen molar-refractivity contribution in [3.05, 3.63) is 111 Å². The number of hydrogen-bond acceptors (Lipinski definition) is 4. The molecule has 4 nitrogen and oxygen atoms in total. The summed E-state index contributed by atoms with van der Waals surface area (Å²) in [6.07, 6.45) is 4.53. The normalized spacial score (nSPS) is 14.8. The lowest BCUT2D eigenvalue weighted by Crippen LogP contribution is -2.36. The van der Waals surface area contributed by atoms with Gasteiger partial charge in [0.15, 0.2) is 0 Å². The molecule has 0 radical (unpaired) electrons. The molecular formula is C28H28Cl4N2O2. The zero-order chi connectivity index (χ0) is 25.5. The van der Waals surface area contributed by atoms with Crippen LogP contribution in [0.2, 0.25) is 15.1 Å². The van der Waals surface area contributed by atoms with Crippen LogP contribution in [-0.4, -0.2) is 35.1 Å². The lowest BCUT2D eigenvalue weighted by Gasteiger charge is -2.31. The molecular weight excluding hydrogens is 538 g/mol. The van der Waals surface area contributed by atoms with E-state index in [0.717, 1.165) is 29.8 Å². The Morgan fingerprint density at radius 1 is 0.889 bits per heavy atom. The first-order valence-electron chi connectivity index (χ1n) is 11.7. The van der Waals surface area contributed by atoms with E-state index in [-0.39, 0.29) is 0 Å². The molecule has 4 rings (SSSR count). The zero-order valence-electron chi connectivity index (χ0n) is 19.9. The minimum Gasteiger partial charge on any atom is -0.494 e. The van der Waals surface area contributed by atoms with Gasteiger partial charge in [0.05, 0.1) is 19.9 Å². The summed E-state index contributed by atoms with van der Waals surface area (Å²) in [4.78, 5) is 4.27. The molecule has 2 atom stereocenters. The van der Waals surface area contributed by atoms with Crippen LogP contribution in [0.1, 0.15) is 29.2 Å². The molecule has 0 spiro atoms. The summed E-state index contributed by atoms with van der Waals surface area (Å²) < 4.78 is 12.2. The Labute approximate surface area is 232 Å². The van der Waals surface area contributed by atoms with Gasteiger partial charge < -0.3 is 19.3 Å². The summed E-state index contributed by atoms with van der Waals surface area (Å²) >= 11 is 25.5. The zero-order valence-corrected chi connectivity index (χ0v) is 22.9. The van der Waals surface area contributed by atoms with Gasteiger partial charge in [0.2, 0.25) is 0 Å². The number of alkyl halides is 1. The fourth-order valence-corrected chi connectivity index (χ4v) is 4.79. The highest BCUT2D eigenvalue weighted by Crippen LogP contribution is 2.33. The van der Waals surface area contributed by atoms with Gasteiger partial charge in [-0.15, -0.1) is 0 Å². The highest BCUT2D eigenvalue weighted by molar-refractivity contribution is 6.35. The summed E-state index contributed by atoms with van der Waals surface area (Å²) in [6.45, 7) is 4.53. The molecule has 0 fully saturated rings. The van der Waals surface area contributed by atoms with Crippen molar-refractivity contribution in [3.63, 3.8) is 0 Å². The Bertz CT molecular complexity index is 1160. The molecule has 1 aliphatic heterocycles. The molecule has 1 aliphatic rings. The average Bonchev–Trinajstić information content (AvgIpc) is 3.34. The average molecular weight is 566 g/mol. The van der Waals surface area contributed by atoms with Crippen LogP contribution in [-0.2, 0) is 11.3 Å². The van der Waals surface area contributed by atoms with E-state index >= 15 is 0 Å². The van der Waals surface area contributed by atoms with E-state index in [4.69, 9.17) is 55.9 Å². The largest absolute Gasteiger partial charge is 0.494 e. The maximum absolute atomic E-state index is 6.99. The predicted octanol–water partition coefficient (Wildman–Crippen LogP) is 8.29. The number of nitrogens with zero attached hydrogens (tertiary/aromatic N) is 2. The number of hydrogen-bond donors (Lipinski definition) is 0. The van der Waals surface area contributed by atoms with Crippen molar-refractivity contribution in [1.29, 1.82) is 0 Å². The molecule has 0 N–H and O–H groups in total. The summed E-state index contributed by atoms with van der Waals surface area (Å²) in [5.74, 6) is 0.892. The molecule has 0 saturated heterocycles. The van der Waals surface area contributed by atoms with Crippen molar-refractivity contribution >= 4 is 46.4 Å². The first-order valence-corrected chi connectivity index (χ1v) is 13.3. The summed E-state index contributed by atoms with van der Waals surface area (Å²) in [7, 11) is 0. The van der Waals surface area contributed by atoms with Gasteiger partial charge in [-0.3, -0.25) is 0 Å². The van der Waals surface area contributed by atoms with Crippen molar-refractivity contribution in [2.24, 2.45) is 0 Å². The fraction of sp³-hybridized carbons (Fsp3) is 0.286. The molecule has 0 aromatic heterocycles. The molecule has 3 aromatic rings. The van der Waals surface area contributed by atoms with Gasteiger partial charge >= 0.3 is 0 Å². The summed E-state index contributed by atoms with van der Waals surface area (Å²) in [5.41, 5.74) is 2.55. The van der Waals surface area contributed by atoms with Crippen molar-refractivity contribution in [2.45, 2.75) is 31.6 Å². The van der Waals surface area contributed by atoms with E-state index in [2.05, 4.69) is 35.1 Å². The highest BCUT2D eigenvalue weighted by atomic mass is 35.5. The molecule has 0 amide bonds. The van der Waals surface area contributed by atoms with Crippen molar-refractivity contribution in [3.8, 4) is 5.75 Å². The van der Waals surface area contributed by atoms with Crippen LogP contribution in [0.15, 0.2) is 79.1 Å². The second-order valence-corrected chi connectivity index (χ2v) is 10.4. The van der Waals surface area contributed by atoms with E-state index in [9.17, 15) is 0 Å². The standard InChI is InChI=1S/C28H28Cl4N2O2/c1-20-3-11-25(12-4-20)35-16-2-13-33-14-15-34(19-33)28(32)27(21-5-8-23(29)9-6-21)36-18-22-7-10-24(30)17-26(22)31/h3-12,14-15,17,27-28H,2,13,16,18-19H2,1H3. The van der Waals surface area contributed by atoms with E-state index < -0.39 is 11.6 Å². The van der Waals surface area contributed by atoms with Crippen LogP contribution >= 0.6 is 46.4 Å². The van der Waals surface area contributed by atoms with Crippen molar-refractivity contribution in [2.75, 3.05) is 19.8 Å². The molecule has 0 saturated carbocycles. The Balaban J connectivity index is 1.34. The van der Waals surface area contributed by atoms with Gasteiger partial charge in [0.1, 0.15) is 17.4 Å². The fourth-order valence-electron chi connectivity index (χ4n) is 3.86. The van der Waals surface area contributed by atoms with Crippen molar-refractivity contribution in [1.82, 2.24) is 9.80 Å². The lowest BCUT2D eigenvalue weighted by atomic mass is 10.1. The SMILES string of the molecule is Cc1ccc(OCCCN2C=CN(C(Cl)C(OCc3ccc(Cl)cc3Cl)c3ccc(Cl)cc3)C2)cc1. The summed E-state index contributed by atoms with van der Waals surface area (Å²) in [5, 5.41) is 1.80. The molecule has 8 heteroatoms. The highest BCUT2D eigenvalue weighted by Gasteiger charge is 2.29. The van der Waals surface area contributed by atoms with Gasteiger partial charge in [0.25, 0.3) is 0 Å². The van der Waals surface area contributed by atoms with Crippen LogP contribution in [0.25, 0.3) is 0 Å². The van der Waals surface area contributed by atoms with Gasteiger partial charge in [-0.05, 0) is 60.9 Å². The first kappa shape index (κ1) is 27.0. The maximum Gasteiger partial charge on any atom is 0.135 e. The van der Waals surface area contributed by atoms with Crippen LogP contribution in [0.3, 0.4) is 0 Å². The third-order valence-electron chi connectivity index (χ3n) is 5.89. The Morgan fingerprint density at radius 2 is 1.61 bits per heavy atom. The van der Waals surface area contributed by atoms with Crippen LogP contribution < -0.4 is 4.74 Å². The Morgan fingerprint density at radius 3 is 2.33 bits per heavy atom. The Kier molecular flexibility index (Phi) is 9.69. The third kappa shape index (κ3) is 7.47. The first-order chi connectivity index (χ1) is 17.4. The number of rotatable bonds is 11. The van der Waals surface area contributed by atoms with Gasteiger partial charge in [-0.25, -0.2) is 0 Å². The second kappa shape index (κ2) is 12.9. The van der Waals surface area contributed by atoms with Gasteiger partial charge in [-0.2, -0.15) is 0 Å². The monoisotopic (exact) mass is 564 g/mol. The number of benzene rings is 3. The van der Waals surface area contributed by atoms with Gasteiger partial charge in [-0.1, -0.05) is 82.3 Å². The van der Waals surface area contributed by atoms with Gasteiger partial charge in [0, 0.05) is 34.0 Å². The molecule has 2 unspecified atom stereocenters. The van der Waals surface area contributed by atoms with Crippen LogP contribution in [0.4, 0.5) is 0 Å². The molecule has 3 aromatic carbocycles. The summed E-state index contributed by atoms with van der Waals surface area (Å²) in [6, 6.07) is 21.0. The third-order valence-corrected chi connectivity index (χ3v) is 7.21. The van der Waals surface area contributed by atoms with Crippen LogP contribution in [0, 0.1) is 6.92 Å². The second-order valence-electron chi connectivity index (χ2n) is 8.67. The van der Waals surface area contributed by atoms with Crippen molar-refractivity contribution < 1.29 is 9.47 Å². The predicted molar refractivity (Wildman–Crippen MR) is 149 cm³/mol. The molecule has 0 bridgehead atoms. The molecule has 1 heterocycles. The van der Waals surface area contributed by atoms with E-state index in [1.165, 1.54) is 5.56 Å². The number of aryl methyl sites for hydroxylation is 1. The smallest absolute Gasteiger partial charge is 0.135 e. The van der Waals surface area contributed by atoms with E-state index in [1.807, 2.05) is 48.7 Å². The van der Waals surface area contributed by atoms with E-state index in [0.29, 0.717) is 35.0 Å². The quantitative estimate of drug-likeness (QED) is 0.133. The van der Waals surface area contributed by atoms with Crippen LogP contribution in [0.5, 0.6) is 5.75 Å². The van der Waals surface area contributed by atoms with E-state index in [1.54, 1.807) is 12.1 Å². The lowest BCUT2D eigenvalue weighted by molar-refractivity contribution is 0.00672.